The van der Waals surface area contributed by atoms with E-state index in [0.29, 0.717) is 6.04 Å². The number of nitrogens with zero attached hydrogens (tertiary/aromatic N) is 1. The van der Waals surface area contributed by atoms with E-state index in [1.165, 1.54) is 25.7 Å². The van der Waals surface area contributed by atoms with Crippen LogP contribution in [0.1, 0.15) is 52.9 Å². The Bertz CT molecular complexity index is 215. The van der Waals surface area contributed by atoms with Gasteiger partial charge in [0.25, 0.3) is 0 Å². The Hall–Kier alpha value is -0.120. The first-order valence-electron chi connectivity index (χ1n) is 8.15. The third-order valence-electron chi connectivity index (χ3n) is 4.54. The third-order valence-corrected chi connectivity index (χ3v) is 4.54. The second kappa shape index (κ2) is 9.73. The molecule has 1 aliphatic rings. The molecule has 1 aliphatic carbocycles. The maximum Gasteiger partial charge on any atom is 0.0477 e. The summed E-state index contributed by atoms with van der Waals surface area (Å²) in [5, 5.41) is 3.55. The van der Waals surface area contributed by atoms with Crippen LogP contribution in [0.5, 0.6) is 0 Å². The van der Waals surface area contributed by atoms with Gasteiger partial charge in [0.15, 0.2) is 0 Å². The van der Waals surface area contributed by atoms with Crippen LogP contribution in [-0.2, 0) is 4.74 Å². The van der Waals surface area contributed by atoms with Crippen molar-refractivity contribution >= 4 is 0 Å². The molecule has 0 aromatic carbocycles. The molecule has 0 heterocycles. The van der Waals surface area contributed by atoms with Crippen molar-refractivity contribution in [3.8, 4) is 0 Å². The zero-order valence-electron chi connectivity index (χ0n) is 13.5. The van der Waals surface area contributed by atoms with Crippen molar-refractivity contribution in [1.82, 2.24) is 10.2 Å². The average molecular weight is 270 g/mol. The van der Waals surface area contributed by atoms with Crippen molar-refractivity contribution in [3.63, 3.8) is 0 Å². The number of likely N-dealkylation sites (N-methyl/N-ethyl adjacent to an activating group) is 1. The van der Waals surface area contributed by atoms with Crippen molar-refractivity contribution in [2.45, 2.75) is 65.0 Å². The fourth-order valence-corrected chi connectivity index (χ4v) is 2.91. The van der Waals surface area contributed by atoms with Crippen LogP contribution in [0.3, 0.4) is 0 Å². The van der Waals surface area contributed by atoms with Crippen LogP contribution < -0.4 is 5.32 Å². The van der Waals surface area contributed by atoms with Gasteiger partial charge in [0.1, 0.15) is 0 Å². The monoisotopic (exact) mass is 270 g/mol. The van der Waals surface area contributed by atoms with Gasteiger partial charge in [-0.1, -0.05) is 6.92 Å². The zero-order chi connectivity index (χ0) is 14.1. The molecule has 1 atom stereocenters. The summed E-state index contributed by atoms with van der Waals surface area (Å²) >= 11 is 0. The summed E-state index contributed by atoms with van der Waals surface area (Å²) in [6.07, 6.45) is 6.69. The summed E-state index contributed by atoms with van der Waals surface area (Å²) < 4.78 is 5.34. The molecule has 0 spiro atoms. The Morgan fingerprint density at radius 3 is 2.58 bits per heavy atom. The number of nitrogens with one attached hydrogen (secondary N) is 1. The molecule has 0 aromatic heterocycles. The van der Waals surface area contributed by atoms with Crippen molar-refractivity contribution < 1.29 is 4.74 Å². The van der Waals surface area contributed by atoms with Gasteiger partial charge in [-0.25, -0.2) is 0 Å². The van der Waals surface area contributed by atoms with Crippen LogP contribution >= 0.6 is 0 Å². The molecule has 3 heteroatoms. The Kier molecular flexibility index (Phi) is 8.67. The maximum atomic E-state index is 5.34. The van der Waals surface area contributed by atoms with E-state index in [9.17, 15) is 0 Å². The van der Waals surface area contributed by atoms with Crippen LogP contribution in [0.4, 0.5) is 0 Å². The minimum atomic E-state index is 0.630. The normalized spacial score (nSPS) is 25.7. The smallest absolute Gasteiger partial charge is 0.0477 e. The molecule has 0 aromatic rings. The van der Waals surface area contributed by atoms with Crippen LogP contribution in [0.25, 0.3) is 0 Å². The first-order valence-corrected chi connectivity index (χ1v) is 8.15. The molecular weight excluding hydrogens is 236 g/mol. The van der Waals surface area contributed by atoms with Gasteiger partial charge in [0, 0.05) is 31.8 Å². The van der Waals surface area contributed by atoms with Crippen molar-refractivity contribution in [3.05, 3.63) is 0 Å². The standard InChI is InChI=1S/C16H34N2O/c1-5-19-12-6-11-17-13-15(3)18(4)16-9-7-14(2)8-10-16/h14-17H,5-13H2,1-4H3. The maximum absolute atomic E-state index is 5.34. The Morgan fingerprint density at radius 1 is 1.26 bits per heavy atom. The minimum absolute atomic E-state index is 0.630. The average Bonchev–Trinajstić information content (AvgIpc) is 2.42. The van der Waals surface area contributed by atoms with Crippen LogP contribution in [0, 0.1) is 5.92 Å². The van der Waals surface area contributed by atoms with Gasteiger partial charge in [0.2, 0.25) is 0 Å². The van der Waals surface area contributed by atoms with E-state index in [4.69, 9.17) is 4.74 Å². The summed E-state index contributed by atoms with van der Waals surface area (Å²) in [7, 11) is 2.30. The Labute approximate surface area is 120 Å². The molecule has 1 rings (SSSR count). The molecule has 1 fully saturated rings. The van der Waals surface area contributed by atoms with E-state index in [1.54, 1.807) is 0 Å². The predicted molar refractivity (Wildman–Crippen MR) is 82.6 cm³/mol. The first-order chi connectivity index (χ1) is 9.15. The van der Waals surface area contributed by atoms with Crippen molar-refractivity contribution in [1.29, 1.82) is 0 Å². The fourth-order valence-electron chi connectivity index (χ4n) is 2.91. The van der Waals surface area contributed by atoms with Crippen LogP contribution in [0.2, 0.25) is 0 Å². The second-order valence-electron chi connectivity index (χ2n) is 6.18. The fraction of sp³-hybridized carbons (Fsp3) is 1.00. The number of hydrogen-bond acceptors (Lipinski definition) is 3. The molecule has 0 bridgehead atoms. The molecule has 1 saturated carbocycles. The van der Waals surface area contributed by atoms with Gasteiger partial charge in [0.05, 0.1) is 0 Å². The van der Waals surface area contributed by atoms with E-state index in [0.717, 1.165) is 44.7 Å². The van der Waals surface area contributed by atoms with Crippen molar-refractivity contribution in [2.24, 2.45) is 5.92 Å². The van der Waals surface area contributed by atoms with Gasteiger partial charge in [-0.15, -0.1) is 0 Å². The molecule has 0 saturated heterocycles. The van der Waals surface area contributed by atoms with E-state index in [2.05, 4.69) is 38.0 Å². The lowest BCUT2D eigenvalue weighted by Gasteiger charge is -2.37. The zero-order valence-corrected chi connectivity index (χ0v) is 13.5. The van der Waals surface area contributed by atoms with Gasteiger partial charge < -0.3 is 10.1 Å². The van der Waals surface area contributed by atoms with Crippen LogP contribution in [0.15, 0.2) is 0 Å². The molecule has 3 nitrogen and oxygen atoms in total. The molecule has 1 N–H and O–H groups in total. The summed E-state index contributed by atoms with van der Waals surface area (Å²) in [5.41, 5.74) is 0. The molecular formula is C16H34N2O. The second-order valence-corrected chi connectivity index (χ2v) is 6.18. The highest BCUT2D eigenvalue weighted by atomic mass is 16.5. The lowest BCUT2D eigenvalue weighted by molar-refractivity contribution is 0.126. The summed E-state index contributed by atoms with van der Waals surface area (Å²) in [6, 6.07) is 1.43. The Morgan fingerprint density at radius 2 is 1.95 bits per heavy atom. The number of ether oxygens (including phenoxy) is 1. The van der Waals surface area contributed by atoms with Crippen LogP contribution in [-0.4, -0.2) is 50.3 Å². The molecule has 0 radical (unpaired) electrons. The molecule has 1 unspecified atom stereocenters. The lowest BCUT2D eigenvalue weighted by atomic mass is 9.86. The van der Waals surface area contributed by atoms with E-state index in [-0.39, 0.29) is 0 Å². The molecule has 114 valence electrons. The minimum Gasteiger partial charge on any atom is -0.382 e. The SMILES string of the molecule is CCOCCCNCC(C)N(C)C1CCC(C)CC1. The third kappa shape index (κ3) is 6.73. The number of hydrogen-bond donors (Lipinski definition) is 1. The van der Waals surface area contributed by atoms with Gasteiger partial charge in [-0.05, 0) is 65.5 Å². The van der Waals surface area contributed by atoms with Gasteiger partial charge in [-0.2, -0.15) is 0 Å². The van der Waals surface area contributed by atoms with E-state index in [1.807, 2.05) is 0 Å². The van der Waals surface area contributed by atoms with Gasteiger partial charge >= 0.3 is 0 Å². The van der Waals surface area contributed by atoms with Gasteiger partial charge in [-0.3, -0.25) is 4.90 Å². The molecule has 0 amide bonds. The number of rotatable bonds is 9. The molecule has 0 aliphatic heterocycles. The highest BCUT2D eigenvalue weighted by Gasteiger charge is 2.24. The lowest BCUT2D eigenvalue weighted by Crippen LogP contribution is -2.45. The summed E-state index contributed by atoms with van der Waals surface area (Å²) in [5.74, 6) is 0.941. The highest BCUT2D eigenvalue weighted by molar-refractivity contribution is 4.80. The highest BCUT2D eigenvalue weighted by Crippen LogP contribution is 2.27. The summed E-state index contributed by atoms with van der Waals surface area (Å²) in [4.78, 5) is 2.58. The molecule has 19 heavy (non-hydrogen) atoms. The van der Waals surface area contributed by atoms with Crippen molar-refractivity contribution in [2.75, 3.05) is 33.4 Å². The first kappa shape index (κ1) is 16.9. The topological polar surface area (TPSA) is 24.5 Å². The van der Waals surface area contributed by atoms with E-state index >= 15 is 0 Å². The quantitative estimate of drug-likeness (QED) is 0.652. The predicted octanol–water partition coefficient (Wildman–Crippen LogP) is 2.90. The Balaban J connectivity index is 2.09. The summed E-state index contributed by atoms with van der Waals surface area (Å²) in [6.45, 7) is 10.7. The largest absolute Gasteiger partial charge is 0.382 e. The van der Waals surface area contributed by atoms with E-state index < -0.39 is 0 Å².